The number of aryl methyl sites for hydroxylation is 1. The van der Waals surface area contributed by atoms with Crippen LogP contribution in [0.15, 0.2) is 42.5 Å². The van der Waals surface area contributed by atoms with Crippen LogP contribution in [0.4, 0.5) is 11.4 Å². The van der Waals surface area contributed by atoms with E-state index >= 15 is 0 Å². The Labute approximate surface area is 114 Å². The molecule has 0 unspecified atom stereocenters. The molecular formula is C16H20N2O. The Balaban J connectivity index is 2.20. The number of anilines is 2. The molecule has 0 atom stereocenters. The number of methoxy groups -OCH3 is 1. The molecule has 100 valence electrons. The first-order valence-corrected chi connectivity index (χ1v) is 6.31. The zero-order valence-corrected chi connectivity index (χ0v) is 11.7. The molecule has 0 radical (unpaired) electrons. The lowest BCUT2D eigenvalue weighted by Gasteiger charge is -2.21. The molecule has 0 fully saturated rings. The first kappa shape index (κ1) is 13.3. The number of benzene rings is 2. The van der Waals surface area contributed by atoms with Crippen molar-refractivity contribution in [3.05, 3.63) is 53.6 Å². The summed E-state index contributed by atoms with van der Waals surface area (Å²) in [5.41, 5.74) is 10.1. The summed E-state index contributed by atoms with van der Waals surface area (Å²) in [6.45, 7) is 2.82. The molecule has 0 aliphatic heterocycles. The Morgan fingerprint density at radius 3 is 2.58 bits per heavy atom. The Hall–Kier alpha value is -2.16. The van der Waals surface area contributed by atoms with Crippen molar-refractivity contribution in [3.8, 4) is 5.75 Å². The maximum Gasteiger partial charge on any atom is 0.123 e. The first-order valence-electron chi connectivity index (χ1n) is 6.31. The molecule has 0 aliphatic carbocycles. The van der Waals surface area contributed by atoms with Crippen LogP contribution in [0, 0.1) is 6.92 Å². The van der Waals surface area contributed by atoms with Crippen LogP contribution in [0.2, 0.25) is 0 Å². The lowest BCUT2D eigenvalue weighted by atomic mass is 10.1. The van der Waals surface area contributed by atoms with E-state index in [0.29, 0.717) is 0 Å². The lowest BCUT2D eigenvalue weighted by Crippen LogP contribution is -2.17. The molecule has 0 spiro atoms. The largest absolute Gasteiger partial charge is 0.496 e. The second kappa shape index (κ2) is 5.65. The molecule has 0 heterocycles. The Kier molecular flexibility index (Phi) is 3.95. The summed E-state index contributed by atoms with van der Waals surface area (Å²) < 4.78 is 5.38. The summed E-state index contributed by atoms with van der Waals surface area (Å²) in [5.74, 6) is 0.918. The minimum absolute atomic E-state index is 0.799. The quantitative estimate of drug-likeness (QED) is 0.854. The highest BCUT2D eigenvalue weighted by Gasteiger charge is 2.07. The molecule has 0 amide bonds. The van der Waals surface area contributed by atoms with Gasteiger partial charge in [0.25, 0.3) is 0 Å². The van der Waals surface area contributed by atoms with E-state index < -0.39 is 0 Å². The second-order valence-corrected chi connectivity index (χ2v) is 4.71. The van der Waals surface area contributed by atoms with Crippen LogP contribution >= 0.6 is 0 Å². The molecule has 2 aromatic carbocycles. The number of nitrogens with two attached hydrogens (primary N) is 1. The Morgan fingerprint density at radius 1 is 1.16 bits per heavy atom. The highest BCUT2D eigenvalue weighted by atomic mass is 16.5. The van der Waals surface area contributed by atoms with Crippen molar-refractivity contribution in [2.75, 3.05) is 24.8 Å². The van der Waals surface area contributed by atoms with Crippen molar-refractivity contribution in [1.82, 2.24) is 0 Å². The SMILES string of the molecule is COc1ccccc1CN(C)c1ccc(N)c(C)c1. The van der Waals surface area contributed by atoms with E-state index in [1.54, 1.807) is 7.11 Å². The predicted molar refractivity (Wildman–Crippen MR) is 80.7 cm³/mol. The standard InChI is InChI=1S/C16H20N2O/c1-12-10-14(8-9-15(12)17)18(2)11-13-6-4-5-7-16(13)19-3/h4-10H,11,17H2,1-3H3. The van der Waals surface area contributed by atoms with Gasteiger partial charge in [0.05, 0.1) is 7.11 Å². The molecule has 2 rings (SSSR count). The molecular weight excluding hydrogens is 236 g/mol. The van der Waals surface area contributed by atoms with Crippen molar-refractivity contribution < 1.29 is 4.74 Å². The minimum atomic E-state index is 0.799. The summed E-state index contributed by atoms with van der Waals surface area (Å²) >= 11 is 0. The van der Waals surface area contributed by atoms with Crippen LogP contribution in [0.25, 0.3) is 0 Å². The van der Waals surface area contributed by atoms with Crippen molar-refractivity contribution in [1.29, 1.82) is 0 Å². The monoisotopic (exact) mass is 256 g/mol. The van der Waals surface area contributed by atoms with Gasteiger partial charge in [0, 0.05) is 30.5 Å². The van der Waals surface area contributed by atoms with Crippen LogP contribution in [0.5, 0.6) is 5.75 Å². The summed E-state index contributed by atoms with van der Waals surface area (Å²) in [7, 11) is 3.77. The van der Waals surface area contributed by atoms with Gasteiger partial charge in [-0.2, -0.15) is 0 Å². The summed E-state index contributed by atoms with van der Waals surface area (Å²) in [6, 6.07) is 14.2. The zero-order valence-electron chi connectivity index (χ0n) is 11.7. The van der Waals surface area contributed by atoms with Gasteiger partial charge in [0.1, 0.15) is 5.75 Å². The third kappa shape index (κ3) is 2.99. The van der Waals surface area contributed by atoms with E-state index in [1.807, 2.05) is 37.3 Å². The number of para-hydroxylation sites is 1. The highest BCUT2D eigenvalue weighted by molar-refractivity contribution is 5.58. The van der Waals surface area contributed by atoms with Crippen LogP contribution in [0.1, 0.15) is 11.1 Å². The molecule has 0 aromatic heterocycles. The molecule has 19 heavy (non-hydrogen) atoms. The maximum absolute atomic E-state index is 5.85. The maximum atomic E-state index is 5.85. The fraction of sp³-hybridized carbons (Fsp3) is 0.250. The number of hydrogen-bond acceptors (Lipinski definition) is 3. The predicted octanol–water partition coefficient (Wildman–Crippen LogP) is 3.22. The van der Waals surface area contributed by atoms with Crippen LogP contribution in [-0.2, 0) is 6.54 Å². The molecule has 0 saturated carbocycles. The van der Waals surface area contributed by atoms with Gasteiger partial charge < -0.3 is 15.4 Å². The van der Waals surface area contributed by atoms with E-state index in [2.05, 4.69) is 24.1 Å². The number of rotatable bonds is 4. The van der Waals surface area contributed by atoms with E-state index in [4.69, 9.17) is 10.5 Å². The van der Waals surface area contributed by atoms with Gasteiger partial charge in [-0.3, -0.25) is 0 Å². The normalized spacial score (nSPS) is 10.3. The van der Waals surface area contributed by atoms with Gasteiger partial charge in [0.15, 0.2) is 0 Å². The average Bonchev–Trinajstić information content (AvgIpc) is 2.42. The van der Waals surface area contributed by atoms with Gasteiger partial charge in [-0.25, -0.2) is 0 Å². The van der Waals surface area contributed by atoms with Crippen LogP contribution < -0.4 is 15.4 Å². The van der Waals surface area contributed by atoms with Crippen LogP contribution in [-0.4, -0.2) is 14.2 Å². The van der Waals surface area contributed by atoms with Crippen molar-refractivity contribution in [3.63, 3.8) is 0 Å². The van der Waals surface area contributed by atoms with Gasteiger partial charge in [0.2, 0.25) is 0 Å². The summed E-state index contributed by atoms with van der Waals surface area (Å²) in [4.78, 5) is 2.18. The smallest absolute Gasteiger partial charge is 0.123 e. The fourth-order valence-electron chi connectivity index (χ4n) is 2.08. The second-order valence-electron chi connectivity index (χ2n) is 4.71. The summed E-state index contributed by atoms with van der Waals surface area (Å²) in [5, 5.41) is 0. The molecule has 0 aliphatic rings. The van der Waals surface area contributed by atoms with E-state index in [-0.39, 0.29) is 0 Å². The van der Waals surface area contributed by atoms with Gasteiger partial charge in [-0.15, -0.1) is 0 Å². The van der Waals surface area contributed by atoms with E-state index in [0.717, 1.165) is 29.2 Å². The molecule has 0 bridgehead atoms. The van der Waals surface area contributed by atoms with Crippen molar-refractivity contribution in [2.24, 2.45) is 0 Å². The van der Waals surface area contributed by atoms with Crippen molar-refractivity contribution >= 4 is 11.4 Å². The highest BCUT2D eigenvalue weighted by Crippen LogP contribution is 2.24. The number of ether oxygens (including phenoxy) is 1. The van der Waals surface area contributed by atoms with Crippen molar-refractivity contribution in [2.45, 2.75) is 13.5 Å². The third-order valence-corrected chi connectivity index (χ3v) is 3.29. The van der Waals surface area contributed by atoms with Gasteiger partial charge >= 0.3 is 0 Å². The Bertz CT molecular complexity index is 566. The molecule has 3 nitrogen and oxygen atoms in total. The zero-order chi connectivity index (χ0) is 13.8. The minimum Gasteiger partial charge on any atom is -0.496 e. The third-order valence-electron chi connectivity index (χ3n) is 3.29. The first-order chi connectivity index (χ1) is 9.11. The number of nitrogen functional groups attached to an aromatic ring is 1. The number of nitrogens with zero attached hydrogens (tertiary/aromatic N) is 1. The average molecular weight is 256 g/mol. The molecule has 3 heteroatoms. The molecule has 0 saturated heterocycles. The Morgan fingerprint density at radius 2 is 1.89 bits per heavy atom. The van der Waals surface area contributed by atoms with E-state index in [1.165, 1.54) is 5.56 Å². The van der Waals surface area contributed by atoms with E-state index in [9.17, 15) is 0 Å². The fourth-order valence-corrected chi connectivity index (χ4v) is 2.08. The van der Waals surface area contributed by atoms with Gasteiger partial charge in [-0.05, 0) is 36.8 Å². The van der Waals surface area contributed by atoms with Gasteiger partial charge in [-0.1, -0.05) is 18.2 Å². The lowest BCUT2D eigenvalue weighted by molar-refractivity contribution is 0.409. The van der Waals surface area contributed by atoms with Crippen LogP contribution in [0.3, 0.4) is 0 Å². The summed E-state index contributed by atoms with van der Waals surface area (Å²) in [6.07, 6.45) is 0. The topological polar surface area (TPSA) is 38.5 Å². The molecule has 2 N–H and O–H groups in total. The molecule has 2 aromatic rings. The number of hydrogen-bond donors (Lipinski definition) is 1.